The van der Waals surface area contributed by atoms with E-state index in [2.05, 4.69) is 15.3 Å². The summed E-state index contributed by atoms with van der Waals surface area (Å²) in [6.45, 7) is 2.30. The maximum Gasteiger partial charge on any atom is 0.255 e. The summed E-state index contributed by atoms with van der Waals surface area (Å²) in [5.41, 5.74) is 4.66. The highest BCUT2D eigenvalue weighted by atomic mass is 19.3. The molecule has 1 N–H and O–H groups in total. The number of hydrogen-bond donors (Lipinski definition) is 1. The van der Waals surface area contributed by atoms with Crippen molar-refractivity contribution < 1.29 is 22.8 Å². The van der Waals surface area contributed by atoms with Gasteiger partial charge in [0, 0.05) is 61.7 Å². The summed E-state index contributed by atoms with van der Waals surface area (Å²) in [7, 11) is 0. The fourth-order valence-corrected chi connectivity index (χ4v) is 4.51. The van der Waals surface area contributed by atoms with Crippen molar-refractivity contribution in [3.05, 3.63) is 102 Å². The number of rotatable bonds is 7. The standard InChI is InChI=1S/C31H28F2N4O3/c1-21-17-23(27-9-6-24(19-35-27)30(39)37-15-12-31(32,33)13-16-37)5-8-26(21)28-10-7-25(40-28)20-36-29(38)11-4-22-3-2-14-34-18-22/h2-11,14,17-19H,12-13,15-16,20H2,1H3,(H,36,38)/b11-4+. The van der Waals surface area contributed by atoms with E-state index >= 15 is 0 Å². The van der Waals surface area contributed by atoms with Gasteiger partial charge in [0.15, 0.2) is 0 Å². The Hall–Kier alpha value is -4.66. The van der Waals surface area contributed by atoms with Gasteiger partial charge in [-0.1, -0.05) is 18.2 Å². The first-order valence-corrected chi connectivity index (χ1v) is 13.0. The van der Waals surface area contributed by atoms with Gasteiger partial charge in [-0.25, -0.2) is 8.78 Å². The number of furan rings is 1. The Morgan fingerprint density at radius 1 is 1.07 bits per heavy atom. The average Bonchev–Trinajstić information content (AvgIpc) is 3.44. The molecule has 1 aromatic carbocycles. The largest absolute Gasteiger partial charge is 0.459 e. The lowest BCUT2D eigenvalue weighted by molar-refractivity contribution is -0.116. The molecule has 1 aliphatic heterocycles. The molecular formula is C31H28F2N4O3. The van der Waals surface area contributed by atoms with Crippen molar-refractivity contribution >= 4 is 17.9 Å². The lowest BCUT2D eigenvalue weighted by atomic mass is 10.0. The third kappa shape index (κ3) is 6.48. The first-order valence-electron chi connectivity index (χ1n) is 13.0. The number of amides is 2. The third-order valence-corrected chi connectivity index (χ3v) is 6.79. The molecule has 3 aromatic heterocycles. The molecule has 0 spiro atoms. The summed E-state index contributed by atoms with van der Waals surface area (Å²) < 4.78 is 32.8. The second-order valence-corrected chi connectivity index (χ2v) is 9.71. The van der Waals surface area contributed by atoms with E-state index < -0.39 is 5.92 Å². The van der Waals surface area contributed by atoms with Crippen LogP contribution in [0.3, 0.4) is 0 Å². The Bertz CT molecular complexity index is 1520. The van der Waals surface area contributed by atoms with Gasteiger partial charge >= 0.3 is 0 Å². The number of pyridine rings is 2. The number of aryl methyl sites for hydroxylation is 1. The van der Waals surface area contributed by atoms with Crippen molar-refractivity contribution in [1.82, 2.24) is 20.2 Å². The Morgan fingerprint density at radius 3 is 2.60 bits per heavy atom. The highest BCUT2D eigenvalue weighted by Gasteiger charge is 2.35. The van der Waals surface area contributed by atoms with Crippen LogP contribution >= 0.6 is 0 Å². The molecule has 5 rings (SSSR count). The van der Waals surface area contributed by atoms with E-state index in [-0.39, 0.29) is 44.3 Å². The topological polar surface area (TPSA) is 88.3 Å². The maximum absolute atomic E-state index is 13.4. The number of nitrogens with zero attached hydrogens (tertiary/aromatic N) is 3. The zero-order valence-corrected chi connectivity index (χ0v) is 21.9. The summed E-state index contributed by atoms with van der Waals surface area (Å²) in [5.74, 6) is -1.91. The Kier molecular flexibility index (Phi) is 7.82. The lowest BCUT2D eigenvalue weighted by Crippen LogP contribution is -2.42. The first-order chi connectivity index (χ1) is 19.3. The smallest absolute Gasteiger partial charge is 0.255 e. The van der Waals surface area contributed by atoms with Gasteiger partial charge in [0.1, 0.15) is 11.5 Å². The number of halogens is 2. The van der Waals surface area contributed by atoms with Crippen molar-refractivity contribution in [2.24, 2.45) is 0 Å². The molecule has 0 bridgehead atoms. The number of carbonyl (C=O) groups excluding carboxylic acids is 2. The van der Waals surface area contributed by atoms with E-state index in [0.29, 0.717) is 22.8 Å². The number of benzene rings is 1. The number of hydrogen-bond acceptors (Lipinski definition) is 5. The van der Waals surface area contributed by atoms with Crippen LogP contribution in [0.4, 0.5) is 8.78 Å². The van der Waals surface area contributed by atoms with Crippen LogP contribution in [0.5, 0.6) is 0 Å². The molecule has 7 nitrogen and oxygen atoms in total. The number of alkyl halides is 2. The third-order valence-electron chi connectivity index (χ3n) is 6.79. The second kappa shape index (κ2) is 11.6. The van der Waals surface area contributed by atoms with Crippen molar-refractivity contribution in [2.75, 3.05) is 13.1 Å². The van der Waals surface area contributed by atoms with Gasteiger partial charge in [0.05, 0.1) is 17.8 Å². The average molecular weight is 543 g/mol. The Morgan fingerprint density at radius 2 is 1.90 bits per heavy atom. The summed E-state index contributed by atoms with van der Waals surface area (Å²) >= 11 is 0. The molecule has 0 unspecified atom stereocenters. The highest BCUT2D eigenvalue weighted by Crippen LogP contribution is 2.30. The normalized spacial score (nSPS) is 14.8. The molecule has 0 saturated carbocycles. The van der Waals surface area contributed by atoms with E-state index in [1.165, 1.54) is 17.2 Å². The fourth-order valence-electron chi connectivity index (χ4n) is 4.51. The van der Waals surface area contributed by atoms with Crippen LogP contribution in [-0.4, -0.2) is 45.7 Å². The van der Waals surface area contributed by atoms with Crippen molar-refractivity contribution in [3.63, 3.8) is 0 Å². The number of likely N-dealkylation sites (tertiary alicyclic amines) is 1. The molecule has 2 amide bonds. The van der Waals surface area contributed by atoms with E-state index in [4.69, 9.17) is 4.42 Å². The predicted octanol–water partition coefficient (Wildman–Crippen LogP) is 5.91. The first kappa shape index (κ1) is 26.9. The van der Waals surface area contributed by atoms with Crippen LogP contribution in [0, 0.1) is 6.92 Å². The molecule has 9 heteroatoms. The van der Waals surface area contributed by atoms with Gasteiger partial charge in [0.25, 0.3) is 11.8 Å². The maximum atomic E-state index is 13.4. The Balaban J connectivity index is 1.20. The summed E-state index contributed by atoms with van der Waals surface area (Å²) in [5, 5.41) is 2.81. The van der Waals surface area contributed by atoms with Crippen molar-refractivity contribution in [1.29, 1.82) is 0 Å². The van der Waals surface area contributed by atoms with E-state index in [1.54, 1.807) is 36.7 Å². The van der Waals surface area contributed by atoms with Crippen molar-refractivity contribution in [2.45, 2.75) is 32.2 Å². The molecule has 204 valence electrons. The number of aromatic nitrogens is 2. The van der Waals surface area contributed by atoms with Crippen LogP contribution in [0.2, 0.25) is 0 Å². The van der Waals surface area contributed by atoms with Crippen LogP contribution < -0.4 is 5.32 Å². The number of carbonyl (C=O) groups is 2. The zero-order valence-electron chi connectivity index (χ0n) is 21.9. The van der Waals surface area contributed by atoms with Crippen molar-refractivity contribution in [3.8, 4) is 22.6 Å². The highest BCUT2D eigenvalue weighted by molar-refractivity contribution is 5.94. The molecule has 1 saturated heterocycles. The van der Waals surface area contributed by atoms with Gasteiger partial charge in [0.2, 0.25) is 5.91 Å². The summed E-state index contributed by atoms with van der Waals surface area (Å²) in [6, 6.07) is 16.6. The molecule has 1 fully saturated rings. The predicted molar refractivity (Wildman–Crippen MR) is 147 cm³/mol. The monoisotopic (exact) mass is 542 g/mol. The molecule has 1 aliphatic rings. The van der Waals surface area contributed by atoms with Crippen LogP contribution in [0.15, 0.2) is 83.7 Å². The molecule has 0 radical (unpaired) electrons. The minimum Gasteiger partial charge on any atom is -0.459 e. The number of nitrogens with one attached hydrogen (secondary N) is 1. The minimum atomic E-state index is -2.70. The van der Waals surface area contributed by atoms with E-state index in [0.717, 1.165) is 22.3 Å². The second-order valence-electron chi connectivity index (χ2n) is 9.71. The molecule has 4 heterocycles. The number of piperidine rings is 1. The molecular weight excluding hydrogens is 514 g/mol. The van der Waals surface area contributed by atoms with Crippen LogP contribution in [-0.2, 0) is 11.3 Å². The van der Waals surface area contributed by atoms with E-state index in [1.807, 2.05) is 43.3 Å². The van der Waals surface area contributed by atoms with Crippen LogP contribution in [0.1, 0.15) is 40.1 Å². The van der Waals surface area contributed by atoms with E-state index in [9.17, 15) is 18.4 Å². The lowest BCUT2D eigenvalue weighted by Gasteiger charge is -2.31. The molecule has 40 heavy (non-hydrogen) atoms. The summed E-state index contributed by atoms with van der Waals surface area (Å²) in [6.07, 6.45) is 7.36. The minimum absolute atomic E-state index is 0.0400. The van der Waals surface area contributed by atoms with Gasteiger partial charge in [-0.15, -0.1) is 0 Å². The van der Waals surface area contributed by atoms with Gasteiger partial charge in [-0.3, -0.25) is 19.6 Å². The quantitative estimate of drug-likeness (QED) is 0.293. The van der Waals surface area contributed by atoms with Gasteiger partial charge < -0.3 is 14.6 Å². The van der Waals surface area contributed by atoms with Gasteiger partial charge in [-0.2, -0.15) is 0 Å². The fraction of sp³-hybridized carbons (Fsp3) is 0.226. The molecule has 0 aliphatic carbocycles. The Labute approximate surface area is 230 Å². The summed E-state index contributed by atoms with van der Waals surface area (Å²) in [4.78, 5) is 34.7. The molecule has 4 aromatic rings. The van der Waals surface area contributed by atoms with Crippen LogP contribution in [0.25, 0.3) is 28.7 Å². The molecule has 0 atom stereocenters. The SMILES string of the molecule is Cc1cc(-c2ccc(C(=O)N3CCC(F)(F)CC3)cn2)ccc1-c1ccc(CNC(=O)/C=C/c2cccnc2)o1. The zero-order chi connectivity index (χ0) is 28.1. The van der Waals surface area contributed by atoms with Gasteiger partial charge in [-0.05, 0) is 60.5 Å².